The molecule has 174 valence electrons. The molecular formula is C22H23N3O6S2. The van der Waals surface area contributed by atoms with Crippen LogP contribution in [0.15, 0.2) is 58.3 Å². The Morgan fingerprint density at radius 1 is 1.18 bits per heavy atom. The first kappa shape index (κ1) is 23.3. The van der Waals surface area contributed by atoms with Gasteiger partial charge in [-0.05, 0) is 37.3 Å². The van der Waals surface area contributed by atoms with E-state index < -0.39 is 32.9 Å². The van der Waals surface area contributed by atoms with Crippen LogP contribution in [0.4, 0.5) is 11.4 Å². The summed E-state index contributed by atoms with van der Waals surface area (Å²) in [5, 5.41) is 2.59. The number of rotatable bonds is 6. The number of para-hydroxylation sites is 1. The van der Waals surface area contributed by atoms with Gasteiger partial charge >= 0.3 is 5.97 Å². The smallest absolute Gasteiger partial charge is 0.344 e. The minimum Gasteiger partial charge on any atom is -0.450 e. The molecule has 1 unspecified atom stereocenters. The Hall–Kier alpha value is -2.89. The summed E-state index contributed by atoms with van der Waals surface area (Å²) >= 11 is 1.26. The maximum absolute atomic E-state index is 13.2. The lowest BCUT2D eigenvalue weighted by Gasteiger charge is -2.29. The number of nitrogens with zero attached hydrogens (tertiary/aromatic N) is 2. The minimum atomic E-state index is -3.67. The fraction of sp³-hybridized carbons (Fsp3) is 0.318. The van der Waals surface area contributed by atoms with Crippen molar-refractivity contribution >= 4 is 50.9 Å². The lowest BCUT2D eigenvalue weighted by molar-refractivity contribution is -0.155. The Morgan fingerprint density at radius 3 is 2.64 bits per heavy atom. The van der Waals surface area contributed by atoms with Gasteiger partial charge in [0.05, 0.1) is 10.6 Å². The van der Waals surface area contributed by atoms with Gasteiger partial charge < -0.3 is 10.1 Å². The first-order chi connectivity index (χ1) is 15.6. The van der Waals surface area contributed by atoms with Gasteiger partial charge in [0.1, 0.15) is 0 Å². The monoisotopic (exact) mass is 489 g/mol. The molecule has 0 saturated carbocycles. The summed E-state index contributed by atoms with van der Waals surface area (Å²) in [5.41, 5.74) is 0.919. The van der Waals surface area contributed by atoms with Gasteiger partial charge in [-0.25, -0.2) is 17.5 Å². The van der Waals surface area contributed by atoms with Gasteiger partial charge in [0, 0.05) is 37.5 Å². The van der Waals surface area contributed by atoms with Crippen molar-refractivity contribution in [2.24, 2.45) is 0 Å². The fourth-order valence-corrected chi connectivity index (χ4v) is 6.12. The van der Waals surface area contributed by atoms with Crippen LogP contribution in [-0.2, 0) is 29.1 Å². The number of fused-ring (bicyclic) bond motifs is 3. The number of carbonyl (C=O) groups excluding carboxylic acids is 3. The number of esters is 1. The number of hydrogen-bond donors (Lipinski definition) is 1. The molecule has 11 heteroatoms. The molecule has 2 atom stereocenters. The van der Waals surface area contributed by atoms with Crippen molar-refractivity contribution in [2.45, 2.75) is 40.5 Å². The summed E-state index contributed by atoms with van der Waals surface area (Å²) in [6.45, 7) is 1.43. The molecule has 2 aliphatic heterocycles. The Bertz CT molecular complexity index is 1250. The highest BCUT2D eigenvalue weighted by molar-refractivity contribution is 8.02. The Labute approximate surface area is 196 Å². The van der Waals surface area contributed by atoms with Crippen molar-refractivity contribution in [1.29, 1.82) is 0 Å². The predicted octanol–water partition coefficient (Wildman–Crippen LogP) is 2.44. The van der Waals surface area contributed by atoms with Gasteiger partial charge in [0.15, 0.2) is 11.0 Å². The van der Waals surface area contributed by atoms with E-state index in [4.69, 9.17) is 4.74 Å². The molecule has 33 heavy (non-hydrogen) atoms. The Balaban J connectivity index is 1.48. The first-order valence-corrected chi connectivity index (χ1v) is 12.5. The molecule has 2 aromatic rings. The quantitative estimate of drug-likeness (QED) is 0.620. The molecule has 0 radical (unpaired) electrons. The van der Waals surface area contributed by atoms with E-state index in [1.54, 1.807) is 18.2 Å². The third kappa shape index (κ3) is 4.00. The van der Waals surface area contributed by atoms with Crippen LogP contribution < -0.4 is 10.2 Å². The van der Waals surface area contributed by atoms with Crippen LogP contribution in [0.3, 0.4) is 0 Å². The van der Waals surface area contributed by atoms with E-state index in [-0.39, 0.29) is 29.3 Å². The molecule has 4 rings (SSSR count). The summed E-state index contributed by atoms with van der Waals surface area (Å²) in [7, 11) is -0.842. The fourth-order valence-electron chi connectivity index (χ4n) is 3.77. The average Bonchev–Trinajstić information content (AvgIpc) is 3.29. The number of nitrogens with one attached hydrogen (secondary N) is 1. The largest absolute Gasteiger partial charge is 0.450 e. The normalized spacial score (nSPS) is 20.4. The van der Waals surface area contributed by atoms with E-state index >= 15 is 0 Å². The number of carbonyl (C=O) groups is 3. The van der Waals surface area contributed by atoms with Gasteiger partial charge in [-0.1, -0.05) is 30.0 Å². The van der Waals surface area contributed by atoms with Gasteiger partial charge in [-0.3, -0.25) is 14.5 Å². The molecular weight excluding hydrogens is 466 g/mol. The van der Waals surface area contributed by atoms with Crippen LogP contribution in [0.1, 0.15) is 19.8 Å². The SMILES string of the molecule is CC(OC(=O)[C@@]12CCC(=O)N1c1ccccc1S2)C(=O)Nc1cccc(S(=O)(=O)N(C)C)c1. The van der Waals surface area contributed by atoms with E-state index in [0.717, 1.165) is 9.20 Å². The van der Waals surface area contributed by atoms with Gasteiger partial charge in [-0.2, -0.15) is 0 Å². The third-order valence-corrected chi connectivity index (χ3v) is 8.79. The Morgan fingerprint density at radius 2 is 1.91 bits per heavy atom. The molecule has 9 nitrogen and oxygen atoms in total. The van der Waals surface area contributed by atoms with Crippen molar-refractivity contribution in [3.05, 3.63) is 48.5 Å². The van der Waals surface area contributed by atoms with Crippen LogP contribution in [-0.4, -0.2) is 55.6 Å². The summed E-state index contributed by atoms with van der Waals surface area (Å²) in [4.78, 5) is 39.5. The number of ether oxygens (including phenoxy) is 1. The molecule has 2 amide bonds. The molecule has 1 saturated heterocycles. The molecule has 2 heterocycles. The second-order valence-electron chi connectivity index (χ2n) is 7.94. The van der Waals surface area contributed by atoms with E-state index in [1.807, 2.05) is 12.1 Å². The number of sulfonamides is 1. The van der Waals surface area contributed by atoms with Gasteiger partial charge in [0.25, 0.3) is 5.91 Å². The summed E-state index contributed by atoms with van der Waals surface area (Å²) < 4.78 is 31.2. The third-order valence-electron chi connectivity index (χ3n) is 5.53. The van der Waals surface area contributed by atoms with Gasteiger partial charge in [-0.15, -0.1) is 0 Å². The molecule has 2 aliphatic rings. The van der Waals surface area contributed by atoms with E-state index in [1.165, 1.54) is 55.9 Å². The summed E-state index contributed by atoms with van der Waals surface area (Å²) in [6.07, 6.45) is -0.671. The van der Waals surface area contributed by atoms with Crippen molar-refractivity contribution in [2.75, 3.05) is 24.3 Å². The highest BCUT2D eigenvalue weighted by Gasteiger charge is 2.59. The van der Waals surface area contributed by atoms with Crippen LogP contribution in [0, 0.1) is 0 Å². The second kappa shape index (κ2) is 8.47. The maximum Gasteiger partial charge on any atom is 0.344 e. The van der Waals surface area contributed by atoms with Crippen molar-refractivity contribution < 1.29 is 27.5 Å². The zero-order valence-electron chi connectivity index (χ0n) is 18.3. The van der Waals surface area contributed by atoms with Crippen molar-refractivity contribution in [3.8, 4) is 0 Å². The highest BCUT2D eigenvalue weighted by Crippen LogP contribution is 2.56. The standard InChI is InChI=1S/C22H23N3O6S2/c1-14(20(27)23-15-7-6-8-16(13-15)33(29,30)24(2)3)31-21(28)22-12-11-19(26)25(22)17-9-4-5-10-18(17)32-22/h4-10,13-14H,11-12H2,1-3H3,(H,23,27)/t14?,22-/m0/s1. The molecule has 2 aromatic carbocycles. The van der Waals surface area contributed by atoms with Gasteiger partial charge in [0.2, 0.25) is 15.9 Å². The zero-order chi connectivity index (χ0) is 24.0. The van der Waals surface area contributed by atoms with Crippen LogP contribution in [0.5, 0.6) is 0 Å². The average molecular weight is 490 g/mol. The highest BCUT2D eigenvalue weighted by atomic mass is 32.2. The van der Waals surface area contributed by atoms with Crippen molar-refractivity contribution in [1.82, 2.24) is 4.31 Å². The molecule has 0 spiro atoms. The summed E-state index contributed by atoms with van der Waals surface area (Å²) in [5.74, 6) is -1.45. The molecule has 0 aliphatic carbocycles. The maximum atomic E-state index is 13.2. The van der Waals surface area contributed by atoms with Crippen LogP contribution in [0.2, 0.25) is 0 Å². The number of thioether (sulfide) groups is 1. The zero-order valence-corrected chi connectivity index (χ0v) is 19.9. The lowest BCUT2D eigenvalue weighted by Crippen LogP contribution is -2.49. The number of anilines is 2. The topological polar surface area (TPSA) is 113 Å². The minimum absolute atomic E-state index is 0.0223. The first-order valence-electron chi connectivity index (χ1n) is 10.2. The molecule has 0 bridgehead atoms. The van der Waals surface area contributed by atoms with E-state index in [2.05, 4.69) is 5.32 Å². The lowest BCUT2D eigenvalue weighted by atomic mass is 10.2. The van der Waals surface area contributed by atoms with Crippen LogP contribution >= 0.6 is 11.8 Å². The predicted molar refractivity (Wildman–Crippen MR) is 123 cm³/mol. The van der Waals surface area contributed by atoms with Crippen LogP contribution in [0.25, 0.3) is 0 Å². The number of benzene rings is 2. The Kier molecular flexibility index (Phi) is 5.97. The summed E-state index contributed by atoms with van der Waals surface area (Å²) in [6, 6.07) is 13.1. The van der Waals surface area contributed by atoms with E-state index in [0.29, 0.717) is 5.69 Å². The molecule has 1 fully saturated rings. The number of hydrogen-bond acceptors (Lipinski definition) is 7. The number of amides is 2. The van der Waals surface area contributed by atoms with Crippen molar-refractivity contribution in [3.63, 3.8) is 0 Å². The molecule has 1 N–H and O–H groups in total. The second-order valence-corrected chi connectivity index (χ2v) is 11.4. The molecule has 0 aromatic heterocycles. The van der Waals surface area contributed by atoms with E-state index in [9.17, 15) is 22.8 Å².